The Bertz CT molecular complexity index is 354. The number of hydrogen-bond acceptors (Lipinski definition) is 5. The van der Waals surface area contributed by atoms with Crippen molar-refractivity contribution in [1.82, 2.24) is 9.88 Å². The first kappa shape index (κ1) is 13.7. The van der Waals surface area contributed by atoms with Crippen LogP contribution in [0.2, 0.25) is 0 Å². The van der Waals surface area contributed by atoms with Crippen molar-refractivity contribution in [1.29, 1.82) is 0 Å². The van der Waals surface area contributed by atoms with Gasteiger partial charge in [0.25, 0.3) is 0 Å². The molecule has 0 fully saturated rings. The molecule has 0 spiro atoms. The average molecular weight is 240 g/mol. The number of carbonyl (C=O) groups excluding carboxylic acids is 1. The molecule has 1 heterocycles. The summed E-state index contributed by atoms with van der Waals surface area (Å²) in [6.07, 6.45) is 1.23. The molecule has 0 aliphatic heterocycles. The van der Waals surface area contributed by atoms with Gasteiger partial charge in [-0.1, -0.05) is 0 Å². The van der Waals surface area contributed by atoms with Crippen molar-refractivity contribution in [2.24, 2.45) is 0 Å². The van der Waals surface area contributed by atoms with Crippen molar-refractivity contribution in [2.75, 3.05) is 20.7 Å². The highest BCUT2D eigenvalue weighted by Gasteiger charge is 2.09. The van der Waals surface area contributed by atoms with Crippen LogP contribution < -0.4 is 0 Å². The molecule has 17 heavy (non-hydrogen) atoms. The van der Waals surface area contributed by atoms with Crippen LogP contribution in [0, 0.1) is 13.8 Å². The van der Waals surface area contributed by atoms with Crippen LogP contribution in [0.4, 0.5) is 0 Å². The van der Waals surface area contributed by atoms with Gasteiger partial charge >= 0.3 is 5.97 Å². The van der Waals surface area contributed by atoms with Gasteiger partial charge in [-0.3, -0.25) is 9.69 Å². The first-order valence-electron chi connectivity index (χ1n) is 5.71. The molecule has 0 aliphatic carbocycles. The average Bonchev–Trinajstić information content (AvgIpc) is 2.57. The minimum Gasteiger partial charge on any atom is -0.469 e. The third-order valence-corrected chi connectivity index (χ3v) is 2.63. The lowest BCUT2D eigenvalue weighted by Gasteiger charge is -2.13. The number of aromatic nitrogens is 1. The van der Waals surface area contributed by atoms with Gasteiger partial charge in [-0.2, -0.15) is 0 Å². The second-order valence-electron chi connectivity index (χ2n) is 4.17. The van der Waals surface area contributed by atoms with Gasteiger partial charge < -0.3 is 9.15 Å². The van der Waals surface area contributed by atoms with Gasteiger partial charge in [0.2, 0.25) is 5.89 Å². The van der Waals surface area contributed by atoms with E-state index in [-0.39, 0.29) is 5.97 Å². The Kier molecular flexibility index (Phi) is 5.15. The van der Waals surface area contributed by atoms with E-state index >= 15 is 0 Å². The zero-order chi connectivity index (χ0) is 12.8. The van der Waals surface area contributed by atoms with E-state index in [1.54, 1.807) is 0 Å². The third kappa shape index (κ3) is 4.56. The summed E-state index contributed by atoms with van der Waals surface area (Å²) in [6.45, 7) is 5.31. The Labute approximate surface area is 102 Å². The van der Waals surface area contributed by atoms with Gasteiger partial charge in [0, 0.05) is 6.42 Å². The van der Waals surface area contributed by atoms with Gasteiger partial charge in [-0.05, 0) is 33.9 Å². The molecule has 1 aromatic heterocycles. The van der Waals surface area contributed by atoms with E-state index in [4.69, 9.17) is 4.42 Å². The quantitative estimate of drug-likeness (QED) is 0.708. The highest BCUT2D eigenvalue weighted by atomic mass is 16.5. The normalized spacial score (nSPS) is 10.9. The fourth-order valence-corrected chi connectivity index (χ4v) is 1.51. The third-order valence-electron chi connectivity index (χ3n) is 2.63. The predicted molar refractivity (Wildman–Crippen MR) is 63.6 cm³/mol. The number of nitrogens with zero attached hydrogens (tertiary/aromatic N) is 2. The molecule has 0 saturated carbocycles. The maximum atomic E-state index is 10.9. The van der Waals surface area contributed by atoms with Crippen LogP contribution in [0.15, 0.2) is 4.42 Å². The van der Waals surface area contributed by atoms with Crippen LogP contribution in [0.25, 0.3) is 0 Å². The molecule has 5 heteroatoms. The molecule has 1 aromatic rings. The van der Waals surface area contributed by atoms with Crippen molar-refractivity contribution in [3.05, 3.63) is 17.3 Å². The molecule has 0 aromatic carbocycles. The summed E-state index contributed by atoms with van der Waals surface area (Å²) in [5.41, 5.74) is 0.933. The molecular weight excluding hydrogens is 220 g/mol. The summed E-state index contributed by atoms with van der Waals surface area (Å²) >= 11 is 0. The first-order valence-corrected chi connectivity index (χ1v) is 5.71. The first-order chi connectivity index (χ1) is 8.02. The number of esters is 1. The molecule has 96 valence electrons. The Balaban J connectivity index is 2.29. The number of ether oxygens (including phenoxy) is 1. The summed E-state index contributed by atoms with van der Waals surface area (Å²) in [5.74, 6) is 1.42. The number of carbonyl (C=O) groups is 1. The fourth-order valence-electron chi connectivity index (χ4n) is 1.51. The second-order valence-corrected chi connectivity index (χ2v) is 4.17. The molecule has 0 bridgehead atoms. The van der Waals surface area contributed by atoms with Gasteiger partial charge in [-0.15, -0.1) is 0 Å². The maximum absolute atomic E-state index is 10.9. The van der Waals surface area contributed by atoms with Gasteiger partial charge in [0.05, 0.1) is 19.3 Å². The van der Waals surface area contributed by atoms with Gasteiger partial charge in [-0.25, -0.2) is 4.98 Å². The highest BCUT2D eigenvalue weighted by molar-refractivity contribution is 5.69. The second kappa shape index (κ2) is 6.39. The van der Waals surface area contributed by atoms with E-state index in [0.717, 1.165) is 30.3 Å². The number of aryl methyl sites for hydroxylation is 2. The predicted octanol–water partition coefficient (Wildman–Crippen LogP) is 1.68. The zero-order valence-electron chi connectivity index (χ0n) is 10.9. The van der Waals surface area contributed by atoms with Crippen molar-refractivity contribution < 1.29 is 13.9 Å². The molecule has 0 radical (unpaired) electrons. The van der Waals surface area contributed by atoms with Crippen molar-refractivity contribution in [2.45, 2.75) is 33.2 Å². The van der Waals surface area contributed by atoms with Crippen LogP contribution in [0.3, 0.4) is 0 Å². The van der Waals surface area contributed by atoms with E-state index in [2.05, 4.69) is 14.6 Å². The van der Waals surface area contributed by atoms with E-state index in [0.29, 0.717) is 13.0 Å². The number of hydrogen-bond donors (Lipinski definition) is 0. The Hall–Kier alpha value is -1.36. The standard InChI is InChI=1S/C12H20N2O3/c1-9-10(2)17-11(13-9)8-14(3)7-5-6-12(15)16-4/h5-8H2,1-4H3. The highest BCUT2D eigenvalue weighted by Crippen LogP contribution is 2.10. The Morgan fingerprint density at radius 1 is 1.47 bits per heavy atom. The molecular formula is C12H20N2O3. The lowest BCUT2D eigenvalue weighted by Crippen LogP contribution is -2.20. The Morgan fingerprint density at radius 2 is 2.18 bits per heavy atom. The van der Waals surface area contributed by atoms with Crippen LogP contribution in [-0.2, 0) is 16.1 Å². The number of oxazole rings is 1. The molecule has 0 amide bonds. The lowest BCUT2D eigenvalue weighted by molar-refractivity contribution is -0.140. The van der Waals surface area contributed by atoms with Crippen LogP contribution in [0.5, 0.6) is 0 Å². The topological polar surface area (TPSA) is 55.6 Å². The number of rotatable bonds is 6. The van der Waals surface area contributed by atoms with Crippen LogP contribution in [-0.4, -0.2) is 36.6 Å². The largest absolute Gasteiger partial charge is 0.469 e. The van der Waals surface area contributed by atoms with Gasteiger partial charge in [0.1, 0.15) is 5.76 Å². The molecule has 5 nitrogen and oxygen atoms in total. The van der Waals surface area contributed by atoms with Crippen molar-refractivity contribution in [3.63, 3.8) is 0 Å². The lowest BCUT2D eigenvalue weighted by atomic mass is 10.3. The van der Waals surface area contributed by atoms with Crippen LogP contribution in [0.1, 0.15) is 30.2 Å². The minimum atomic E-state index is -0.166. The smallest absolute Gasteiger partial charge is 0.305 e. The van der Waals surface area contributed by atoms with E-state index < -0.39 is 0 Å². The molecule has 0 aliphatic rings. The summed E-state index contributed by atoms with van der Waals surface area (Å²) in [7, 11) is 3.39. The van der Waals surface area contributed by atoms with E-state index in [9.17, 15) is 4.79 Å². The SMILES string of the molecule is COC(=O)CCCN(C)Cc1nc(C)c(C)o1. The van der Waals surface area contributed by atoms with E-state index in [1.807, 2.05) is 20.9 Å². The van der Waals surface area contributed by atoms with Gasteiger partial charge in [0.15, 0.2) is 0 Å². The summed E-state index contributed by atoms with van der Waals surface area (Å²) in [6, 6.07) is 0. The molecule has 0 N–H and O–H groups in total. The summed E-state index contributed by atoms with van der Waals surface area (Å²) < 4.78 is 10.1. The minimum absolute atomic E-state index is 0.166. The molecule has 0 atom stereocenters. The molecule has 0 saturated heterocycles. The van der Waals surface area contributed by atoms with Crippen molar-refractivity contribution in [3.8, 4) is 0 Å². The van der Waals surface area contributed by atoms with E-state index in [1.165, 1.54) is 7.11 Å². The monoisotopic (exact) mass is 240 g/mol. The summed E-state index contributed by atoms with van der Waals surface area (Å²) in [5, 5.41) is 0. The van der Waals surface area contributed by atoms with Crippen LogP contribution >= 0.6 is 0 Å². The zero-order valence-corrected chi connectivity index (χ0v) is 10.9. The molecule has 1 rings (SSSR count). The Morgan fingerprint density at radius 3 is 2.71 bits per heavy atom. The fraction of sp³-hybridized carbons (Fsp3) is 0.667. The number of methoxy groups -OCH3 is 1. The van der Waals surface area contributed by atoms with Crippen molar-refractivity contribution >= 4 is 5.97 Å². The molecule has 0 unspecified atom stereocenters. The summed E-state index contributed by atoms with van der Waals surface area (Å²) in [4.78, 5) is 17.3. The maximum Gasteiger partial charge on any atom is 0.305 e.